The zero-order valence-corrected chi connectivity index (χ0v) is 11.7. The highest BCUT2D eigenvalue weighted by molar-refractivity contribution is 7.89. The summed E-state index contributed by atoms with van der Waals surface area (Å²) in [6.45, 7) is 5.14. The molecule has 1 rings (SSSR count). The number of carboxylic acids is 1. The van der Waals surface area contributed by atoms with Crippen molar-refractivity contribution >= 4 is 16.0 Å². The van der Waals surface area contributed by atoms with Gasteiger partial charge in [-0.2, -0.15) is 4.31 Å². The second kappa shape index (κ2) is 5.07. The number of carbonyl (C=O) groups is 1. The molecule has 0 atom stereocenters. The normalized spacial score (nSPS) is 12.1. The number of carboxylic acid groups (broad SMARTS) is 1. The molecule has 0 amide bonds. The highest BCUT2D eigenvalue weighted by Gasteiger charge is 2.24. The molecule has 0 radical (unpaired) electrons. The molecule has 1 aromatic carbocycles. The molecule has 1 aromatic rings. The second-order valence-corrected chi connectivity index (χ2v) is 6.39. The third kappa shape index (κ3) is 2.70. The molecule has 6 heteroatoms. The monoisotopic (exact) mass is 271 g/mol. The minimum absolute atomic E-state index is 0.00157. The maximum absolute atomic E-state index is 12.2. The Kier molecular flexibility index (Phi) is 4.13. The summed E-state index contributed by atoms with van der Waals surface area (Å²) < 4.78 is 25.6. The van der Waals surface area contributed by atoms with Gasteiger partial charge in [0.1, 0.15) is 0 Å². The van der Waals surface area contributed by atoms with Gasteiger partial charge < -0.3 is 5.11 Å². The topological polar surface area (TPSA) is 74.7 Å². The minimum Gasteiger partial charge on any atom is -0.478 e. The molecule has 0 aromatic heterocycles. The van der Waals surface area contributed by atoms with Gasteiger partial charge in [0.05, 0.1) is 10.5 Å². The first-order valence-electron chi connectivity index (χ1n) is 5.50. The third-order valence-electron chi connectivity index (χ3n) is 2.84. The zero-order chi connectivity index (χ0) is 14.1. The van der Waals surface area contributed by atoms with Gasteiger partial charge in [-0.25, -0.2) is 13.2 Å². The van der Waals surface area contributed by atoms with E-state index >= 15 is 0 Å². The van der Waals surface area contributed by atoms with Crippen molar-refractivity contribution in [2.75, 3.05) is 7.05 Å². The summed E-state index contributed by atoms with van der Waals surface area (Å²) in [6.07, 6.45) is 0. The molecule has 0 aliphatic heterocycles. The Morgan fingerprint density at radius 2 is 1.89 bits per heavy atom. The predicted molar refractivity (Wildman–Crippen MR) is 68.2 cm³/mol. The molecule has 0 aliphatic carbocycles. The molecule has 0 fully saturated rings. The van der Waals surface area contributed by atoms with Crippen LogP contribution in [0.15, 0.2) is 23.1 Å². The maximum atomic E-state index is 12.2. The van der Waals surface area contributed by atoms with E-state index in [2.05, 4.69) is 0 Å². The first-order chi connectivity index (χ1) is 8.17. The average molecular weight is 271 g/mol. The summed E-state index contributed by atoms with van der Waals surface area (Å²) in [5.41, 5.74) is 0.543. The quantitative estimate of drug-likeness (QED) is 0.904. The standard InChI is InChI=1S/C12H17NO4S/c1-8(2)13(4)18(16,17)10-6-5-9(3)11(7-10)12(14)15/h5-8H,1-4H3,(H,14,15). The zero-order valence-electron chi connectivity index (χ0n) is 10.8. The third-order valence-corrected chi connectivity index (χ3v) is 4.87. The minimum atomic E-state index is -3.64. The van der Waals surface area contributed by atoms with Crippen molar-refractivity contribution in [3.05, 3.63) is 29.3 Å². The molecule has 0 saturated carbocycles. The average Bonchev–Trinajstić information content (AvgIpc) is 2.27. The van der Waals surface area contributed by atoms with Crippen LogP contribution < -0.4 is 0 Å². The lowest BCUT2D eigenvalue weighted by atomic mass is 10.1. The molecule has 18 heavy (non-hydrogen) atoms. The molecule has 0 saturated heterocycles. The van der Waals surface area contributed by atoms with Gasteiger partial charge in [-0.3, -0.25) is 0 Å². The number of aryl methyl sites for hydroxylation is 1. The van der Waals surface area contributed by atoms with E-state index in [1.165, 1.54) is 29.6 Å². The van der Waals surface area contributed by atoms with Crippen LogP contribution in [0.5, 0.6) is 0 Å². The number of nitrogens with zero attached hydrogens (tertiary/aromatic N) is 1. The van der Waals surface area contributed by atoms with Crippen LogP contribution in [0.25, 0.3) is 0 Å². The van der Waals surface area contributed by atoms with Crippen molar-refractivity contribution in [1.82, 2.24) is 4.31 Å². The fourth-order valence-corrected chi connectivity index (χ4v) is 2.83. The molecule has 5 nitrogen and oxygen atoms in total. The van der Waals surface area contributed by atoms with Gasteiger partial charge in [0.15, 0.2) is 0 Å². The Bertz CT molecular complexity index is 563. The molecular formula is C12H17NO4S. The van der Waals surface area contributed by atoms with E-state index in [1.807, 2.05) is 0 Å². The van der Waals surface area contributed by atoms with E-state index in [1.54, 1.807) is 20.8 Å². The fraction of sp³-hybridized carbons (Fsp3) is 0.417. The highest BCUT2D eigenvalue weighted by atomic mass is 32.2. The van der Waals surface area contributed by atoms with Gasteiger partial charge in [-0.05, 0) is 38.5 Å². The Hall–Kier alpha value is -1.40. The second-order valence-electron chi connectivity index (χ2n) is 4.40. The highest BCUT2D eigenvalue weighted by Crippen LogP contribution is 2.20. The Morgan fingerprint density at radius 1 is 1.33 bits per heavy atom. The van der Waals surface area contributed by atoms with Crippen LogP contribution in [0.4, 0.5) is 0 Å². The first kappa shape index (κ1) is 14.7. The lowest BCUT2D eigenvalue weighted by Crippen LogP contribution is -2.33. The fourth-order valence-electron chi connectivity index (χ4n) is 1.44. The van der Waals surface area contributed by atoms with E-state index in [9.17, 15) is 13.2 Å². The number of hydrogen-bond acceptors (Lipinski definition) is 3. The summed E-state index contributed by atoms with van der Waals surface area (Å²) in [5, 5.41) is 9.00. The molecule has 0 spiro atoms. The van der Waals surface area contributed by atoms with Crippen molar-refractivity contribution in [2.24, 2.45) is 0 Å². The van der Waals surface area contributed by atoms with Crippen molar-refractivity contribution in [1.29, 1.82) is 0 Å². The van der Waals surface area contributed by atoms with Crippen LogP contribution >= 0.6 is 0 Å². The largest absolute Gasteiger partial charge is 0.478 e. The molecule has 0 bridgehead atoms. The Labute approximate surface area is 107 Å². The number of rotatable bonds is 4. The summed E-state index contributed by atoms with van der Waals surface area (Å²) in [6, 6.07) is 3.94. The summed E-state index contributed by atoms with van der Waals surface area (Å²) >= 11 is 0. The summed E-state index contributed by atoms with van der Waals surface area (Å²) in [4.78, 5) is 11.0. The molecular weight excluding hydrogens is 254 g/mol. The van der Waals surface area contributed by atoms with Crippen molar-refractivity contribution in [3.63, 3.8) is 0 Å². The van der Waals surface area contributed by atoms with Crippen LogP contribution in [0.1, 0.15) is 29.8 Å². The molecule has 0 aliphatic rings. The van der Waals surface area contributed by atoms with Crippen LogP contribution in [0.3, 0.4) is 0 Å². The maximum Gasteiger partial charge on any atom is 0.335 e. The number of benzene rings is 1. The molecule has 100 valence electrons. The predicted octanol–water partition coefficient (Wildman–Crippen LogP) is 1.72. The number of sulfonamides is 1. The van der Waals surface area contributed by atoms with E-state index in [0.29, 0.717) is 5.56 Å². The van der Waals surface area contributed by atoms with Gasteiger partial charge in [0.25, 0.3) is 0 Å². The van der Waals surface area contributed by atoms with Crippen LogP contribution in [0, 0.1) is 6.92 Å². The van der Waals surface area contributed by atoms with Crippen molar-refractivity contribution < 1.29 is 18.3 Å². The smallest absolute Gasteiger partial charge is 0.335 e. The van der Waals surface area contributed by atoms with E-state index in [0.717, 1.165) is 0 Å². The summed E-state index contributed by atoms with van der Waals surface area (Å²) in [5.74, 6) is -1.13. The number of hydrogen-bond donors (Lipinski definition) is 1. The first-order valence-corrected chi connectivity index (χ1v) is 6.94. The molecule has 0 unspecified atom stereocenters. The van der Waals surface area contributed by atoms with Gasteiger partial charge in [-0.1, -0.05) is 6.07 Å². The summed E-state index contributed by atoms with van der Waals surface area (Å²) in [7, 11) is -2.17. The SMILES string of the molecule is Cc1ccc(S(=O)(=O)N(C)C(C)C)cc1C(=O)O. The van der Waals surface area contributed by atoms with Crippen molar-refractivity contribution in [2.45, 2.75) is 31.7 Å². The lowest BCUT2D eigenvalue weighted by molar-refractivity contribution is 0.0696. The van der Waals surface area contributed by atoms with Crippen LogP contribution in [-0.2, 0) is 10.0 Å². The van der Waals surface area contributed by atoms with Crippen LogP contribution in [-0.4, -0.2) is 36.9 Å². The van der Waals surface area contributed by atoms with E-state index in [-0.39, 0.29) is 16.5 Å². The van der Waals surface area contributed by atoms with Gasteiger partial charge in [0.2, 0.25) is 10.0 Å². The number of aromatic carboxylic acids is 1. The Morgan fingerprint density at radius 3 is 2.33 bits per heavy atom. The van der Waals surface area contributed by atoms with Crippen molar-refractivity contribution in [3.8, 4) is 0 Å². The van der Waals surface area contributed by atoms with Gasteiger partial charge in [-0.15, -0.1) is 0 Å². The van der Waals surface area contributed by atoms with Gasteiger partial charge in [0, 0.05) is 13.1 Å². The molecule has 1 N–H and O–H groups in total. The molecule has 0 heterocycles. The van der Waals surface area contributed by atoms with E-state index < -0.39 is 16.0 Å². The Balaban J connectivity index is 3.35. The van der Waals surface area contributed by atoms with Gasteiger partial charge >= 0.3 is 5.97 Å². The van der Waals surface area contributed by atoms with Crippen LogP contribution in [0.2, 0.25) is 0 Å². The van der Waals surface area contributed by atoms with E-state index in [4.69, 9.17) is 5.11 Å². The lowest BCUT2D eigenvalue weighted by Gasteiger charge is -2.21.